The molecular weight excluding hydrogens is 428 g/mol. The smallest absolute Gasteiger partial charge is 0.127 e. The number of ether oxygens (including phenoxy) is 4. The van der Waals surface area contributed by atoms with Crippen LogP contribution < -0.4 is 30.4 Å². The van der Waals surface area contributed by atoms with E-state index in [2.05, 4.69) is 0 Å². The van der Waals surface area contributed by atoms with Crippen molar-refractivity contribution < 1.29 is 18.9 Å². The molecule has 0 spiro atoms. The number of hydrogen-bond acceptors (Lipinski definition) is 6. The molecule has 0 fully saturated rings. The van der Waals surface area contributed by atoms with Gasteiger partial charge in [-0.05, 0) is 110 Å². The predicted molar refractivity (Wildman–Crippen MR) is 135 cm³/mol. The third kappa shape index (κ3) is 7.10. The first kappa shape index (κ1) is 22.9. The fourth-order valence-corrected chi connectivity index (χ4v) is 3.14. The third-order valence-electron chi connectivity index (χ3n) is 4.96. The van der Waals surface area contributed by atoms with Gasteiger partial charge in [0.15, 0.2) is 0 Å². The molecule has 0 heterocycles. The third-order valence-corrected chi connectivity index (χ3v) is 4.96. The van der Waals surface area contributed by atoms with Gasteiger partial charge in [-0.2, -0.15) is 0 Å². The van der Waals surface area contributed by atoms with Crippen LogP contribution in [0.15, 0.2) is 97.1 Å². The molecular formula is C28H28N2O4. The van der Waals surface area contributed by atoms with Crippen LogP contribution in [-0.4, -0.2) is 13.2 Å². The first-order valence-corrected chi connectivity index (χ1v) is 11.2. The van der Waals surface area contributed by atoms with Crippen molar-refractivity contribution in [2.45, 2.75) is 12.8 Å². The predicted octanol–water partition coefficient (Wildman–Crippen LogP) is 6.67. The van der Waals surface area contributed by atoms with E-state index in [1.807, 2.05) is 97.1 Å². The lowest BCUT2D eigenvalue weighted by molar-refractivity contribution is 0.266. The van der Waals surface area contributed by atoms with Crippen LogP contribution in [0.4, 0.5) is 11.4 Å². The van der Waals surface area contributed by atoms with Crippen LogP contribution in [0.2, 0.25) is 0 Å². The average Bonchev–Trinajstić information content (AvgIpc) is 2.86. The van der Waals surface area contributed by atoms with Gasteiger partial charge in [0, 0.05) is 11.4 Å². The van der Waals surface area contributed by atoms with E-state index in [-0.39, 0.29) is 0 Å². The summed E-state index contributed by atoms with van der Waals surface area (Å²) in [4.78, 5) is 0. The van der Waals surface area contributed by atoms with E-state index in [1.54, 1.807) is 0 Å². The minimum Gasteiger partial charge on any atom is -0.494 e. The average molecular weight is 457 g/mol. The number of unbranched alkanes of at least 4 members (excludes halogenated alkanes) is 1. The maximum Gasteiger partial charge on any atom is 0.127 e. The second-order valence-electron chi connectivity index (χ2n) is 7.69. The highest BCUT2D eigenvalue weighted by Crippen LogP contribution is 2.26. The molecule has 0 saturated heterocycles. The van der Waals surface area contributed by atoms with E-state index in [9.17, 15) is 0 Å². The molecule has 4 aromatic rings. The number of nitrogens with two attached hydrogens (primary N) is 2. The van der Waals surface area contributed by atoms with Crippen molar-refractivity contribution in [1.82, 2.24) is 0 Å². The van der Waals surface area contributed by atoms with Crippen LogP contribution in [-0.2, 0) is 0 Å². The molecule has 0 aliphatic heterocycles. The highest BCUT2D eigenvalue weighted by atomic mass is 16.5. The summed E-state index contributed by atoms with van der Waals surface area (Å²) in [5.74, 6) is 4.59. The van der Waals surface area contributed by atoms with Crippen LogP contribution >= 0.6 is 0 Å². The second-order valence-corrected chi connectivity index (χ2v) is 7.69. The van der Waals surface area contributed by atoms with Gasteiger partial charge in [0.25, 0.3) is 0 Å². The van der Waals surface area contributed by atoms with Crippen molar-refractivity contribution in [3.63, 3.8) is 0 Å². The zero-order valence-corrected chi connectivity index (χ0v) is 18.9. The Kier molecular flexibility index (Phi) is 7.74. The van der Waals surface area contributed by atoms with Crippen LogP contribution in [0.3, 0.4) is 0 Å². The molecule has 34 heavy (non-hydrogen) atoms. The van der Waals surface area contributed by atoms with E-state index in [0.29, 0.717) is 24.6 Å². The Morgan fingerprint density at radius 1 is 0.382 bits per heavy atom. The molecule has 0 aliphatic rings. The topological polar surface area (TPSA) is 89.0 Å². The molecule has 6 heteroatoms. The number of rotatable bonds is 11. The number of hydrogen-bond donors (Lipinski definition) is 2. The Balaban J connectivity index is 1.11. The summed E-state index contributed by atoms with van der Waals surface area (Å²) in [6.45, 7) is 1.24. The molecule has 0 aromatic heterocycles. The fourth-order valence-electron chi connectivity index (χ4n) is 3.14. The summed E-state index contributed by atoms with van der Waals surface area (Å²) in [7, 11) is 0. The Hall–Kier alpha value is -4.32. The zero-order valence-electron chi connectivity index (χ0n) is 18.9. The summed E-state index contributed by atoms with van der Waals surface area (Å²) >= 11 is 0. The molecule has 0 unspecified atom stereocenters. The summed E-state index contributed by atoms with van der Waals surface area (Å²) in [6, 6.07) is 29.7. The summed E-state index contributed by atoms with van der Waals surface area (Å²) in [6.07, 6.45) is 1.78. The van der Waals surface area contributed by atoms with Crippen LogP contribution in [0, 0.1) is 0 Å². The number of benzene rings is 4. The Morgan fingerprint density at radius 3 is 0.971 bits per heavy atom. The van der Waals surface area contributed by atoms with Crippen LogP contribution in [0.25, 0.3) is 0 Å². The Labute approximate surface area is 199 Å². The van der Waals surface area contributed by atoms with Gasteiger partial charge in [0.1, 0.15) is 34.5 Å². The van der Waals surface area contributed by atoms with E-state index in [1.165, 1.54) is 0 Å². The summed E-state index contributed by atoms with van der Waals surface area (Å²) < 4.78 is 23.2. The largest absolute Gasteiger partial charge is 0.494 e. The molecule has 4 rings (SSSR count). The van der Waals surface area contributed by atoms with Crippen LogP contribution in [0.1, 0.15) is 12.8 Å². The van der Waals surface area contributed by atoms with E-state index in [4.69, 9.17) is 30.4 Å². The van der Waals surface area contributed by atoms with E-state index < -0.39 is 0 Å². The van der Waals surface area contributed by atoms with E-state index in [0.717, 1.165) is 47.3 Å². The second kappa shape index (κ2) is 11.5. The van der Waals surface area contributed by atoms with Gasteiger partial charge >= 0.3 is 0 Å². The first-order chi connectivity index (χ1) is 16.6. The summed E-state index contributed by atoms with van der Waals surface area (Å²) in [5, 5.41) is 0. The van der Waals surface area contributed by atoms with Gasteiger partial charge in [0.2, 0.25) is 0 Å². The summed E-state index contributed by atoms with van der Waals surface area (Å²) in [5.41, 5.74) is 12.8. The van der Waals surface area contributed by atoms with Crippen molar-refractivity contribution in [1.29, 1.82) is 0 Å². The maximum absolute atomic E-state index is 5.81. The van der Waals surface area contributed by atoms with Gasteiger partial charge in [-0.3, -0.25) is 0 Å². The lowest BCUT2D eigenvalue weighted by Crippen LogP contribution is -2.02. The highest BCUT2D eigenvalue weighted by molar-refractivity contribution is 5.44. The van der Waals surface area contributed by atoms with Gasteiger partial charge in [-0.25, -0.2) is 0 Å². The molecule has 174 valence electrons. The minimum absolute atomic E-state index is 0.621. The SMILES string of the molecule is Nc1ccc(Oc2ccc(OCCCCOc3ccc(Oc4ccc(N)cc4)cc3)cc2)cc1. The standard InChI is InChI=1S/C28H28N2O4/c29-21-3-7-25(8-4-21)33-27-15-11-23(12-16-27)31-19-1-2-20-32-24-13-17-28(18-14-24)34-26-9-5-22(30)6-10-26/h3-18H,1-2,19-20,29-30H2. The van der Waals surface area contributed by atoms with Gasteiger partial charge < -0.3 is 30.4 Å². The maximum atomic E-state index is 5.81. The minimum atomic E-state index is 0.621. The van der Waals surface area contributed by atoms with Gasteiger partial charge in [0.05, 0.1) is 13.2 Å². The normalized spacial score (nSPS) is 10.5. The van der Waals surface area contributed by atoms with Crippen molar-refractivity contribution in [3.8, 4) is 34.5 Å². The van der Waals surface area contributed by atoms with Crippen molar-refractivity contribution in [3.05, 3.63) is 97.1 Å². The molecule has 0 amide bonds. The number of nitrogen functional groups attached to an aromatic ring is 2. The lowest BCUT2D eigenvalue weighted by atomic mass is 10.3. The molecule has 6 nitrogen and oxygen atoms in total. The van der Waals surface area contributed by atoms with Crippen molar-refractivity contribution in [2.75, 3.05) is 24.7 Å². The molecule has 4 aromatic carbocycles. The molecule has 0 radical (unpaired) electrons. The Bertz CT molecular complexity index is 1050. The zero-order chi connectivity index (χ0) is 23.6. The van der Waals surface area contributed by atoms with Crippen molar-refractivity contribution in [2.24, 2.45) is 0 Å². The molecule has 0 aliphatic carbocycles. The Morgan fingerprint density at radius 2 is 0.647 bits per heavy atom. The molecule has 4 N–H and O–H groups in total. The molecule has 0 saturated carbocycles. The monoisotopic (exact) mass is 456 g/mol. The van der Waals surface area contributed by atoms with Gasteiger partial charge in [-0.1, -0.05) is 0 Å². The van der Waals surface area contributed by atoms with Crippen molar-refractivity contribution >= 4 is 11.4 Å². The van der Waals surface area contributed by atoms with Gasteiger partial charge in [-0.15, -0.1) is 0 Å². The lowest BCUT2D eigenvalue weighted by Gasteiger charge is -2.10. The fraction of sp³-hybridized carbons (Fsp3) is 0.143. The molecule has 0 bridgehead atoms. The first-order valence-electron chi connectivity index (χ1n) is 11.2. The van der Waals surface area contributed by atoms with E-state index >= 15 is 0 Å². The molecule has 0 atom stereocenters. The quantitative estimate of drug-likeness (QED) is 0.193. The van der Waals surface area contributed by atoms with Crippen LogP contribution in [0.5, 0.6) is 34.5 Å². The highest BCUT2D eigenvalue weighted by Gasteiger charge is 2.01. The number of anilines is 2.